The third-order valence-electron chi connectivity index (χ3n) is 2.51. The number of nitro benzene ring substituents is 1. The van der Waals surface area contributed by atoms with E-state index in [1.165, 1.54) is 18.2 Å². The van der Waals surface area contributed by atoms with Crippen LogP contribution in [0.1, 0.15) is 0 Å². The van der Waals surface area contributed by atoms with Crippen LogP contribution in [0.15, 0.2) is 46.9 Å². The monoisotopic (exact) mass is 369 g/mol. The van der Waals surface area contributed by atoms with Crippen LogP contribution in [0.4, 0.5) is 21.9 Å². The molecule has 2 aromatic carbocycles. The second-order valence-electron chi connectivity index (χ2n) is 4.01. The first-order chi connectivity index (χ1) is 9.95. The van der Waals surface area contributed by atoms with Gasteiger partial charge in [0, 0.05) is 22.3 Å². The van der Waals surface area contributed by atoms with Crippen LogP contribution in [-0.2, 0) is 0 Å². The van der Waals surface area contributed by atoms with Gasteiger partial charge in [0.1, 0.15) is 0 Å². The zero-order valence-electron chi connectivity index (χ0n) is 10.5. The quantitative estimate of drug-likeness (QED) is 0.609. The minimum absolute atomic E-state index is 0.154. The molecule has 108 valence electrons. The van der Waals surface area contributed by atoms with Gasteiger partial charge in [-0.1, -0.05) is 27.5 Å². The fraction of sp³-hybridized carbons (Fsp3) is 0. The first-order valence-corrected chi connectivity index (χ1v) is 6.90. The van der Waals surface area contributed by atoms with E-state index in [9.17, 15) is 14.9 Å². The fourth-order valence-electron chi connectivity index (χ4n) is 1.54. The number of carbonyl (C=O) groups excluding carboxylic acids is 1. The van der Waals surface area contributed by atoms with E-state index in [0.29, 0.717) is 5.69 Å². The second kappa shape index (κ2) is 6.55. The normalized spacial score (nSPS) is 10.0. The molecule has 0 unspecified atom stereocenters. The molecule has 2 N–H and O–H groups in total. The summed E-state index contributed by atoms with van der Waals surface area (Å²) in [4.78, 5) is 22.0. The van der Waals surface area contributed by atoms with Crippen molar-refractivity contribution in [2.24, 2.45) is 0 Å². The lowest BCUT2D eigenvalue weighted by molar-refractivity contribution is -0.384. The topological polar surface area (TPSA) is 84.3 Å². The van der Waals surface area contributed by atoms with Gasteiger partial charge >= 0.3 is 6.03 Å². The Labute approximate surface area is 133 Å². The van der Waals surface area contributed by atoms with Crippen LogP contribution >= 0.6 is 27.5 Å². The molecule has 0 spiro atoms. The highest BCUT2D eigenvalue weighted by Gasteiger charge is 2.12. The number of amides is 2. The van der Waals surface area contributed by atoms with Gasteiger partial charge in [0.2, 0.25) is 0 Å². The number of non-ortho nitro benzene ring substituents is 1. The van der Waals surface area contributed by atoms with Crippen molar-refractivity contribution in [3.05, 3.63) is 62.1 Å². The average molecular weight is 371 g/mol. The molecule has 0 saturated heterocycles. The fourth-order valence-corrected chi connectivity index (χ4v) is 1.97. The lowest BCUT2D eigenvalue weighted by atomic mass is 10.3. The molecule has 0 saturated carbocycles. The second-order valence-corrected chi connectivity index (χ2v) is 5.33. The minimum Gasteiger partial charge on any atom is -0.308 e. The Morgan fingerprint density at radius 1 is 1.14 bits per heavy atom. The molecule has 2 aromatic rings. The van der Waals surface area contributed by atoms with Gasteiger partial charge in [-0.05, 0) is 30.3 Å². The molecule has 0 aliphatic rings. The molecule has 0 fully saturated rings. The van der Waals surface area contributed by atoms with Crippen molar-refractivity contribution in [1.82, 2.24) is 0 Å². The van der Waals surface area contributed by atoms with Gasteiger partial charge in [-0.15, -0.1) is 0 Å². The van der Waals surface area contributed by atoms with E-state index in [-0.39, 0.29) is 16.4 Å². The Morgan fingerprint density at radius 2 is 1.81 bits per heavy atom. The summed E-state index contributed by atoms with van der Waals surface area (Å²) in [6.45, 7) is 0. The number of anilines is 2. The zero-order chi connectivity index (χ0) is 15.4. The number of halogens is 2. The average Bonchev–Trinajstić information content (AvgIpc) is 2.43. The number of rotatable bonds is 3. The minimum atomic E-state index is -0.561. The van der Waals surface area contributed by atoms with Crippen LogP contribution in [0.5, 0.6) is 0 Å². The first kappa shape index (κ1) is 15.3. The maximum Gasteiger partial charge on any atom is 0.323 e. The Bertz CT molecular complexity index is 692. The summed E-state index contributed by atoms with van der Waals surface area (Å²) in [5.41, 5.74) is 0.594. The molecule has 0 atom stereocenters. The molecular formula is C13H9BrClN3O3. The molecule has 8 heteroatoms. The smallest absolute Gasteiger partial charge is 0.308 e. The van der Waals surface area contributed by atoms with Crippen LogP contribution in [0.3, 0.4) is 0 Å². The van der Waals surface area contributed by atoms with Crippen molar-refractivity contribution in [2.75, 3.05) is 10.6 Å². The number of hydrogen-bond acceptors (Lipinski definition) is 3. The van der Waals surface area contributed by atoms with Crippen molar-refractivity contribution in [3.8, 4) is 0 Å². The Morgan fingerprint density at radius 3 is 2.43 bits per heavy atom. The molecule has 0 radical (unpaired) electrons. The Hall–Kier alpha value is -2.12. The summed E-state index contributed by atoms with van der Waals surface area (Å²) in [5, 5.41) is 16.0. The molecule has 2 amide bonds. The highest BCUT2D eigenvalue weighted by molar-refractivity contribution is 9.10. The van der Waals surface area contributed by atoms with Gasteiger partial charge in [-0.2, -0.15) is 0 Å². The maximum atomic E-state index is 11.8. The molecule has 0 bridgehead atoms. The lowest BCUT2D eigenvalue weighted by Gasteiger charge is -2.09. The number of carbonyl (C=O) groups is 1. The number of hydrogen-bond donors (Lipinski definition) is 2. The van der Waals surface area contributed by atoms with Crippen molar-refractivity contribution in [2.45, 2.75) is 0 Å². The molecule has 6 nitrogen and oxygen atoms in total. The van der Waals surface area contributed by atoms with Gasteiger partial charge in [0.25, 0.3) is 5.69 Å². The predicted octanol–water partition coefficient (Wildman–Crippen LogP) is 4.65. The molecular weight excluding hydrogens is 362 g/mol. The van der Waals surface area contributed by atoms with E-state index < -0.39 is 11.0 Å². The number of urea groups is 1. The third kappa shape index (κ3) is 4.17. The van der Waals surface area contributed by atoms with Crippen molar-refractivity contribution >= 4 is 50.6 Å². The van der Waals surface area contributed by atoms with Crippen molar-refractivity contribution in [1.29, 1.82) is 0 Å². The van der Waals surface area contributed by atoms with Crippen LogP contribution in [0, 0.1) is 10.1 Å². The summed E-state index contributed by atoms with van der Waals surface area (Å²) in [6, 6.07) is 10.2. The van der Waals surface area contributed by atoms with Gasteiger partial charge in [-0.3, -0.25) is 10.1 Å². The van der Waals surface area contributed by atoms with Gasteiger partial charge in [0.15, 0.2) is 0 Å². The number of benzene rings is 2. The highest BCUT2D eigenvalue weighted by atomic mass is 79.9. The van der Waals surface area contributed by atoms with Crippen molar-refractivity contribution < 1.29 is 9.72 Å². The van der Waals surface area contributed by atoms with E-state index >= 15 is 0 Å². The summed E-state index contributed by atoms with van der Waals surface area (Å²) < 4.78 is 0.884. The van der Waals surface area contributed by atoms with E-state index in [1.54, 1.807) is 24.3 Å². The largest absolute Gasteiger partial charge is 0.323 e. The molecule has 2 rings (SSSR count). The number of nitro groups is 1. The van der Waals surface area contributed by atoms with E-state index in [2.05, 4.69) is 26.6 Å². The zero-order valence-corrected chi connectivity index (χ0v) is 12.8. The Kier molecular flexibility index (Phi) is 4.77. The lowest BCUT2D eigenvalue weighted by Crippen LogP contribution is -2.19. The number of nitrogens with one attached hydrogen (secondary N) is 2. The van der Waals surface area contributed by atoms with Crippen LogP contribution in [0.25, 0.3) is 0 Å². The summed E-state index contributed by atoms with van der Waals surface area (Å²) in [5.74, 6) is 0. The van der Waals surface area contributed by atoms with Crippen LogP contribution in [0.2, 0.25) is 5.02 Å². The third-order valence-corrected chi connectivity index (χ3v) is 3.37. The van der Waals surface area contributed by atoms with Crippen molar-refractivity contribution in [3.63, 3.8) is 0 Å². The molecule has 0 aromatic heterocycles. The standard InChI is InChI=1S/C13H9BrClN3O3/c14-8-1-3-9(4-2-8)16-13(19)17-12-7-10(18(20)21)5-6-11(12)15/h1-7H,(H2,16,17,19). The molecule has 0 aliphatic carbocycles. The van der Waals surface area contributed by atoms with Gasteiger partial charge < -0.3 is 10.6 Å². The van der Waals surface area contributed by atoms with Gasteiger partial charge in [-0.25, -0.2) is 4.79 Å². The SMILES string of the molecule is O=C(Nc1ccc(Br)cc1)Nc1cc([N+](=O)[O-])ccc1Cl. The number of nitrogens with zero attached hydrogens (tertiary/aromatic N) is 1. The Balaban J connectivity index is 2.10. The van der Waals surface area contributed by atoms with Crippen LogP contribution in [-0.4, -0.2) is 11.0 Å². The summed E-state index contributed by atoms with van der Waals surface area (Å²) in [7, 11) is 0. The first-order valence-electron chi connectivity index (χ1n) is 5.73. The molecule has 0 heterocycles. The molecule has 0 aliphatic heterocycles. The highest BCUT2D eigenvalue weighted by Crippen LogP contribution is 2.26. The summed E-state index contributed by atoms with van der Waals surface area (Å²) in [6.07, 6.45) is 0. The van der Waals surface area contributed by atoms with Crippen LogP contribution < -0.4 is 10.6 Å². The predicted molar refractivity (Wildman–Crippen MR) is 84.9 cm³/mol. The summed E-state index contributed by atoms with van der Waals surface area (Å²) >= 11 is 9.18. The maximum absolute atomic E-state index is 11.8. The van der Waals surface area contributed by atoms with Gasteiger partial charge in [0.05, 0.1) is 15.6 Å². The van der Waals surface area contributed by atoms with E-state index in [0.717, 1.165) is 4.47 Å². The van der Waals surface area contributed by atoms with E-state index in [4.69, 9.17) is 11.6 Å². The van der Waals surface area contributed by atoms with E-state index in [1.807, 2.05) is 0 Å². The molecule has 21 heavy (non-hydrogen) atoms.